The third kappa shape index (κ3) is 5.26. The zero-order chi connectivity index (χ0) is 17.7. The van der Waals surface area contributed by atoms with Crippen LogP contribution in [-0.4, -0.2) is 48.4 Å². The zero-order valence-electron chi connectivity index (χ0n) is 14.2. The van der Waals surface area contributed by atoms with Crippen molar-refractivity contribution >= 4 is 21.6 Å². The first kappa shape index (κ1) is 17.8. The van der Waals surface area contributed by atoms with Crippen LogP contribution in [0.3, 0.4) is 0 Å². The van der Waals surface area contributed by atoms with Crippen molar-refractivity contribution in [1.82, 2.24) is 15.3 Å². The maximum Gasteiger partial charge on any atom is 0.271 e. The molecule has 25 heavy (non-hydrogen) atoms. The van der Waals surface area contributed by atoms with Crippen LogP contribution in [0.25, 0.3) is 0 Å². The first-order valence-corrected chi connectivity index (χ1v) is 10.6. The molecule has 7 nitrogen and oxygen atoms in total. The quantitative estimate of drug-likeness (QED) is 0.745. The summed E-state index contributed by atoms with van der Waals surface area (Å²) in [6.45, 7) is 0.603. The van der Waals surface area contributed by atoms with Gasteiger partial charge in [0.2, 0.25) is 0 Å². The van der Waals surface area contributed by atoms with Crippen molar-refractivity contribution in [3.05, 3.63) is 29.7 Å². The van der Waals surface area contributed by atoms with Gasteiger partial charge in [-0.2, -0.15) is 0 Å². The molecule has 1 atom stereocenters. The summed E-state index contributed by atoms with van der Waals surface area (Å²) in [5.41, 5.74) is 1.69. The minimum atomic E-state index is -2.94. The van der Waals surface area contributed by atoms with Crippen molar-refractivity contribution in [3.8, 4) is 0 Å². The van der Waals surface area contributed by atoms with Crippen LogP contribution < -0.4 is 10.6 Å². The lowest BCUT2D eigenvalue weighted by Gasteiger charge is -2.13. The number of anilines is 1. The van der Waals surface area contributed by atoms with Gasteiger partial charge in [0, 0.05) is 12.6 Å². The molecule has 2 heterocycles. The molecule has 0 radical (unpaired) electrons. The largest absolute Gasteiger partial charge is 0.365 e. The Hall–Kier alpha value is -1.96. The topological polar surface area (TPSA) is 101 Å². The summed E-state index contributed by atoms with van der Waals surface area (Å²) in [5.74, 6) is 0.576. The number of allylic oxidation sites excluding steroid dienone is 1. The number of hydrogen-bond donors (Lipinski definition) is 2. The SMILES string of the molecule is O=C(NCCC1=CCCCC1)c1cnc(NC2CCS(=O)(=O)C2)cn1. The van der Waals surface area contributed by atoms with Crippen LogP contribution in [0.4, 0.5) is 5.82 Å². The van der Waals surface area contributed by atoms with Crippen molar-refractivity contribution in [2.75, 3.05) is 23.4 Å². The Balaban J connectivity index is 1.46. The second kappa shape index (κ2) is 7.95. The molecule has 8 heteroatoms. The average Bonchev–Trinajstić information content (AvgIpc) is 2.95. The normalized spacial score (nSPS) is 22.2. The minimum Gasteiger partial charge on any atom is -0.365 e. The molecule has 2 N–H and O–H groups in total. The fourth-order valence-electron chi connectivity index (χ4n) is 3.20. The Morgan fingerprint density at radius 3 is 2.76 bits per heavy atom. The lowest BCUT2D eigenvalue weighted by molar-refractivity contribution is 0.0948. The molecule has 1 aliphatic heterocycles. The molecule has 1 aromatic heterocycles. The van der Waals surface area contributed by atoms with E-state index in [0.29, 0.717) is 18.8 Å². The molecule has 1 saturated heterocycles. The van der Waals surface area contributed by atoms with Crippen LogP contribution in [-0.2, 0) is 9.84 Å². The average molecular weight is 364 g/mol. The fraction of sp³-hybridized carbons (Fsp3) is 0.588. The highest BCUT2D eigenvalue weighted by molar-refractivity contribution is 7.91. The summed E-state index contributed by atoms with van der Waals surface area (Å²) >= 11 is 0. The lowest BCUT2D eigenvalue weighted by atomic mass is 9.97. The van der Waals surface area contributed by atoms with Crippen molar-refractivity contribution < 1.29 is 13.2 Å². The van der Waals surface area contributed by atoms with Gasteiger partial charge in [-0.25, -0.2) is 18.4 Å². The first-order chi connectivity index (χ1) is 12.0. The van der Waals surface area contributed by atoms with E-state index in [0.717, 1.165) is 19.3 Å². The van der Waals surface area contributed by atoms with E-state index < -0.39 is 9.84 Å². The van der Waals surface area contributed by atoms with Gasteiger partial charge >= 0.3 is 0 Å². The molecular formula is C17H24N4O3S. The van der Waals surface area contributed by atoms with Gasteiger partial charge in [-0.05, 0) is 38.5 Å². The Bertz CT molecular complexity index is 744. The number of rotatable bonds is 6. The highest BCUT2D eigenvalue weighted by Crippen LogP contribution is 2.19. The van der Waals surface area contributed by atoms with Crippen molar-refractivity contribution in [2.24, 2.45) is 0 Å². The summed E-state index contributed by atoms with van der Waals surface area (Å²) in [4.78, 5) is 20.4. The maximum atomic E-state index is 12.1. The van der Waals surface area contributed by atoms with E-state index in [-0.39, 0.29) is 29.1 Å². The number of nitrogens with one attached hydrogen (secondary N) is 2. The molecular weight excluding hydrogens is 340 g/mol. The van der Waals surface area contributed by atoms with E-state index in [9.17, 15) is 13.2 Å². The Morgan fingerprint density at radius 2 is 2.12 bits per heavy atom. The standard InChI is InChI=1S/C17H24N4O3S/c22-17(18-8-6-13-4-2-1-3-5-13)15-10-20-16(11-19-15)21-14-7-9-25(23,24)12-14/h4,10-11,14H,1-3,5-9,12H2,(H,18,22)(H,20,21). The molecule has 0 aromatic carbocycles. The molecule has 136 valence electrons. The maximum absolute atomic E-state index is 12.1. The van der Waals surface area contributed by atoms with E-state index in [1.165, 1.54) is 30.8 Å². The van der Waals surface area contributed by atoms with E-state index >= 15 is 0 Å². The number of carbonyl (C=O) groups is 1. The molecule has 1 unspecified atom stereocenters. The van der Waals surface area contributed by atoms with Crippen molar-refractivity contribution in [3.63, 3.8) is 0 Å². The number of amides is 1. The summed E-state index contributed by atoms with van der Waals surface area (Å²) in [7, 11) is -2.94. The Morgan fingerprint density at radius 1 is 1.24 bits per heavy atom. The number of carbonyl (C=O) groups excluding carboxylic acids is 1. The van der Waals surface area contributed by atoms with E-state index in [2.05, 4.69) is 26.7 Å². The van der Waals surface area contributed by atoms with Crippen LogP contribution >= 0.6 is 0 Å². The van der Waals surface area contributed by atoms with E-state index in [1.807, 2.05) is 0 Å². The van der Waals surface area contributed by atoms with Gasteiger partial charge in [-0.3, -0.25) is 4.79 Å². The number of nitrogens with zero attached hydrogens (tertiary/aromatic N) is 2. The molecule has 1 aliphatic carbocycles. The highest BCUT2D eigenvalue weighted by atomic mass is 32.2. The van der Waals surface area contributed by atoms with Crippen LogP contribution in [0.1, 0.15) is 49.0 Å². The van der Waals surface area contributed by atoms with E-state index in [1.54, 1.807) is 0 Å². The molecule has 0 spiro atoms. The lowest BCUT2D eigenvalue weighted by Crippen LogP contribution is -2.26. The monoisotopic (exact) mass is 364 g/mol. The highest BCUT2D eigenvalue weighted by Gasteiger charge is 2.27. The minimum absolute atomic E-state index is 0.118. The van der Waals surface area contributed by atoms with Crippen LogP contribution in [0.2, 0.25) is 0 Å². The summed E-state index contributed by atoms with van der Waals surface area (Å²) < 4.78 is 22.9. The van der Waals surface area contributed by atoms with Gasteiger partial charge in [-0.15, -0.1) is 0 Å². The Kier molecular flexibility index (Phi) is 5.67. The predicted octanol–water partition coefficient (Wildman–Crippen LogP) is 1.70. The van der Waals surface area contributed by atoms with Gasteiger partial charge in [-0.1, -0.05) is 11.6 Å². The molecule has 0 bridgehead atoms. The second-order valence-electron chi connectivity index (χ2n) is 6.65. The molecule has 1 fully saturated rings. The Labute approximate surface area is 148 Å². The summed E-state index contributed by atoms with van der Waals surface area (Å²) in [5, 5.41) is 5.92. The predicted molar refractivity (Wildman–Crippen MR) is 96.2 cm³/mol. The smallest absolute Gasteiger partial charge is 0.271 e. The van der Waals surface area contributed by atoms with Crippen LogP contribution in [0, 0.1) is 0 Å². The van der Waals surface area contributed by atoms with Gasteiger partial charge < -0.3 is 10.6 Å². The number of sulfone groups is 1. The number of aromatic nitrogens is 2. The van der Waals surface area contributed by atoms with Gasteiger partial charge in [0.1, 0.15) is 11.5 Å². The van der Waals surface area contributed by atoms with Crippen molar-refractivity contribution in [2.45, 2.75) is 44.6 Å². The molecule has 3 rings (SSSR count). The third-order valence-electron chi connectivity index (χ3n) is 4.59. The molecule has 0 saturated carbocycles. The van der Waals surface area contributed by atoms with Gasteiger partial charge in [0.05, 0.1) is 23.9 Å². The molecule has 1 amide bonds. The van der Waals surface area contributed by atoms with Crippen LogP contribution in [0.5, 0.6) is 0 Å². The first-order valence-electron chi connectivity index (χ1n) is 8.77. The van der Waals surface area contributed by atoms with Crippen LogP contribution in [0.15, 0.2) is 24.0 Å². The third-order valence-corrected chi connectivity index (χ3v) is 6.35. The molecule has 1 aromatic rings. The second-order valence-corrected chi connectivity index (χ2v) is 8.87. The van der Waals surface area contributed by atoms with Gasteiger partial charge in [0.15, 0.2) is 9.84 Å². The fourth-order valence-corrected chi connectivity index (χ4v) is 4.87. The molecule has 2 aliphatic rings. The summed E-state index contributed by atoms with van der Waals surface area (Å²) in [6, 6.07) is -0.136. The van der Waals surface area contributed by atoms with Crippen molar-refractivity contribution in [1.29, 1.82) is 0 Å². The summed E-state index contributed by atoms with van der Waals surface area (Å²) in [6.07, 6.45) is 11.4. The van der Waals surface area contributed by atoms with E-state index in [4.69, 9.17) is 0 Å². The zero-order valence-corrected chi connectivity index (χ0v) is 15.0. The number of hydrogen-bond acceptors (Lipinski definition) is 6. The van der Waals surface area contributed by atoms with Gasteiger partial charge in [0.25, 0.3) is 5.91 Å².